The highest BCUT2D eigenvalue weighted by Crippen LogP contribution is 2.28. The molecule has 4 aromatic rings. The van der Waals surface area contributed by atoms with Crippen LogP contribution in [0.1, 0.15) is 44.2 Å². The van der Waals surface area contributed by atoms with Gasteiger partial charge in [0.15, 0.2) is 0 Å². The molecule has 0 aliphatic carbocycles. The Bertz CT molecular complexity index is 1350. The Morgan fingerprint density at radius 1 is 1.05 bits per heavy atom. The zero-order chi connectivity index (χ0) is 26.9. The van der Waals surface area contributed by atoms with E-state index in [1.807, 2.05) is 54.0 Å². The van der Waals surface area contributed by atoms with Gasteiger partial charge < -0.3 is 15.0 Å². The van der Waals surface area contributed by atoms with Crippen molar-refractivity contribution in [1.82, 2.24) is 25.2 Å². The molecular formula is C28H35N7O3. The molecule has 2 heterocycles. The number of hydroxylamine groups is 1. The Hall–Kier alpha value is -4.18. The van der Waals surface area contributed by atoms with Gasteiger partial charge in [-0.15, -0.1) is 0 Å². The minimum atomic E-state index is -0.327. The highest BCUT2D eigenvalue weighted by Gasteiger charge is 2.11. The summed E-state index contributed by atoms with van der Waals surface area (Å²) in [7, 11) is 3.93. The van der Waals surface area contributed by atoms with Crippen LogP contribution in [-0.4, -0.2) is 44.5 Å². The predicted octanol–water partition coefficient (Wildman–Crippen LogP) is 5.41. The average molecular weight is 518 g/mol. The van der Waals surface area contributed by atoms with E-state index in [9.17, 15) is 4.79 Å². The van der Waals surface area contributed by atoms with Gasteiger partial charge >= 0.3 is 0 Å². The largest absolute Gasteiger partial charge is 0.494 e. The van der Waals surface area contributed by atoms with Crippen molar-refractivity contribution in [1.29, 1.82) is 0 Å². The van der Waals surface area contributed by atoms with Crippen LogP contribution < -0.4 is 20.4 Å². The molecule has 0 bridgehead atoms. The van der Waals surface area contributed by atoms with Crippen molar-refractivity contribution in [3.8, 4) is 5.75 Å². The highest BCUT2D eigenvalue weighted by atomic mass is 16.5. The van der Waals surface area contributed by atoms with Crippen LogP contribution in [0.4, 0.5) is 23.1 Å². The molecule has 2 aromatic heterocycles. The summed E-state index contributed by atoms with van der Waals surface area (Å²) in [6.45, 7) is 2.71. The Kier molecular flexibility index (Phi) is 9.10. The fourth-order valence-corrected chi connectivity index (χ4v) is 4.18. The average Bonchev–Trinajstić information content (AvgIpc) is 3.22. The second-order valence-electron chi connectivity index (χ2n) is 9.26. The molecule has 0 saturated heterocycles. The number of nitrogens with zero attached hydrogens (tertiary/aromatic N) is 5. The molecule has 4 rings (SSSR count). The fourth-order valence-electron chi connectivity index (χ4n) is 4.18. The van der Waals surface area contributed by atoms with Gasteiger partial charge in [-0.2, -0.15) is 10.1 Å². The summed E-state index contributed by atoms with van der Waals surface area (Å²) in [5.41, 5.74) is 5.61. The van der Waals surface area contributed by atoms with E-state index in [-0.39, 0.29) is 5.91 Å². The molecule has 3 N–H and O–H groups in total. The summed E-state index contributed by atoms with van der Waals surface area (Å²) < 4.78 is 7.74. The van der Waals surface area contributed by atoms with Crippen molar-refractivity contribution in [2.24, 2.45) is 7.05 Å². The highest BCUT2D eigenvalue weighted by molar-refractivity contribution is 5.85. The van der Waals surface area contributed by atoms with Crippen LogP contribution in [0.15, 0.2) is 54.7 Å². The Balaban J connectivity index is 1.26. The minimum absolute atomic E-state index is 0.327. The second-order valence-corrected chi connectivity index (χ2v) is 9.26. The van der Waals surface area contributed by atoms with Gasteiger partial charge in [0, 0.05) is 49.2 Å². The normalized spacial score (nSPS) is 10.9. The third kappa shape index (κ3) is 6.98. The monoisotopic (exact) mass is 517 g/mol. The number of anilines is 4. The van der Waals surface area contributed by atoms with Gasteiger partial charge in [-0.25, -0.2) is 10.5 Å². The molecule has 200 valence electrons. The number of fused-ring (bicyclic) bond motifs is 1. The van der Waals surface area contributed by atoms with Crippen molar-refractivity contribution < 1.29 is 14.7 Å². The van der Waals surface area contributed by atoms with Crippen molar-refractivity contribution in [2.45, 2.75) is 45.4 Å². The van der Waals surface area contributed by atoms with E-state index in [0.29, 0.717) is 19.0 Å². The number of unbranched alkanes of at least 4 members (excludes halogenated alkanes) is 4. The molecule has 0 radical (unpaired) electrons. The third-order valence-corrected chi connectivity index (χ3v) is 6.54. The fraction of sp³-hybridized carbons (Fsp3) is 0.357. The lowest BCUT2D eigenvalue weighted by atomic mass is 10.1. The van der Waals surface area contributed by atoms with Gasteiger partial charge in [0.1, 0.15) is 11.6 Å². The zero-order valence-electron chi connectivity index (χ0n) is 22.1. The summed E-state index contributed by atoms with van der Waals surface area (Å²) in [6, 6.07) is 15.8. The first kappa shape index (κ1) is 26.9. The van der Waals surface area contributed by atoms with Crippen LogP contribution in [0.3, 0.4) is 0 Å². The topological polar surface area (TPSA) is 117 Å². The number of benzene rings is 2. The van der Waals surface area contributed by atoms with Crippen LogP contribution in [0.2, 0.25) is 0 Å². The number of nitrogens with one attached hydrogen (secondary N) is 2. The smallest absolute Gasteiger partial charge is 0.243 e. The van der Waals surface area contributed by atoms with Gasteiger partial charge in [-0.1, -0.05) is 19.3 Å². The maximum Gasteiger partial charge on any atom is 0.243 e. The van der Waals surface area contributed by atoms with Crippen LogP contribution in [0.25, 0.3) is 10.9 Å². The number of hydrogen-bond donors (Lipinski definition) is 3. The van der Waals surface area contributed by atoms with Gasteiger partial charge in [0.25, 0.3) is 0 Å². The molecule has 0 atom stereocenters. The zero-order valence-corrected chi connectivity index (χ0v) is 22.1. The Morgan fingerprint density at radius 3 is 2.61 bits per heavy atom. The second kappa shape index (κ2) is 12.9. The molecule has 0 aliphatic rings. The first-order chi connectivity index (χ1) is 18.4. The van der Waals surface area contributed by atoms with E-state index in [4.69, 9.17) is 9.94 Å². The van der Waals surface area contributed by atoms with Crippen LogP contribution >= 0.6 is 0 Å². The third-order valence-electron chi connectivity index (χ3n) is 6.54. The van der Waals surface area contributed by atoms with Gasteiger partial charge in [0.05, 0.1) is 12.1 Å². The number of amides is 1. The van der Waals surface area contributed by atoms with E-state index in [1.165, 1.54) is 0 Å². The van der Waals surface area contributed by atoms with Crippen LogP contribution in [0.5, 0.6) is 5.75 Å². The van der Waals surface area contributed by atoms with Gasteiger partial charge in [0.2, 0.25) is 11.9 Å². The Labute approximate surface area is 222 Å². The number of rotatable bonds is 13. The molecule has 0 unspecified atom stereocenters. The lowest BCUT2D eigenvalue weighted by molar-refractivity contribution is -0.129. The summed E-state index contributed by atoms with van der Waals surface area (Å²) >= 11 is 0. The first-order valence-corrected chi connectivity index (χ1v) is 12.9. The molecule has 0 saturated carbocycles. The molecule has 10 heteroatoms. The predicted molar refractivity (Wildman–Crippen MR) is 148 cm³/mol. The molecule has 10 nitrogen and oxygen atoms in total. The lowest BCUT2D eigenvalue weighted by Gasteiger charge is -2.19. The van der Waals surface area contributed by atoms with E-state index < -0.39 is 0 Å². The number of aryl methyl sites for hydroxylation is 2. The van der Waals surface area contributed by atoms with E-state index in [2.05, 4.69) is 45.5 Å². The molecule has 2 aromatic carbocycles. The SMILES string of the molecule is Cc1c2ccc(N(C)c3ccnc(Nc4ccc(OCCCCCCCC(=O)NO)cc4)n3)cc2nn1C. The van der Waals surface area contributed by atoms with E-state index >= 15 is 0 Å². The first-order valence-electron chi connectivity index (χ1n) is 12.9. The van der Waals surface area contributed by atoms with Crippen molar-refractivity contribution in [3.05, 3.63) is 60.4 Å². The summed E-state index contributed by atoms with van der Waals surface area (Å²) in [5.74, 6) is 1.76. The number of carbonyl (C=O) groups excluding carboxylic acids is 1. The summed E-state index contributed by atoms with van der Waals surface area (Å²) in [5, 5.41) is 17.5. The maximum atomic E-state index is 11.0. The van der Waals surface area contributed by atoms with Gasteiger partial charge in [-0.05, 0) is 68.3 Å². The number of carbonyl (C=O) groups is 1. The molecular weight excluding hydrogens is 482 g/mol. The molecule has 1 amide bonds. The van der Waals surface area contributed by atoms with E-state index in [1.54, 1.807) is 11.7 Å². The molecule has 0 aliphatic heterocycles. The molecule has 0 spiro atoms. The standard InChI is InChI=1S/C28H35N7O3/c1-20-24-15-12-22(19-25(24)32-35(20)3)34(2)26-16-17-29-28(31-26)30-21-10-13-23(14-11-21)38-18-8-6-4-5-7-9-27(36)33-37/h10-17,19,37H,4-9,18H2,1-3H3,(H,33,36)(H,29,30,31). The number of hydrogen-bond acceptors (Lipinski definition) is 8. The number of aromatic nitrogens is 4. The number of ether oxygens (including phenoxy) is 1. The quantitative estimate of drug-likeness (QED) is 0.122. The van der Waals surface area contributed by atoms with Crippen molar-refractivity contribution in [2.75, 3.05) is 23.9 Å². The Morgan fingerprint density at radius 2 is 1.82 bits per heavy atom. The van der Waals surface area contributed by atoms with E-state index in [0.717, 1.165) is 71.6 Å². The van der Waals surface area contributed by atoms with Crippen LogP contribution in [0, 0.1) is 6.92 Å². The van der Waals surface area contributed by atoms with Crippen molar-refractivity contribution >= 4 is 40.0 Å². The van der Waals surface area contributed by atoms with Gasteiger partial charge in [-0.3, -0.25) is 14.7 Å². The van der Waals surface area contributed by atoms with Crippen LogP contribution in [-0.2, 0) is 11.8 Å². The summed E-state index contributed by atoms with van der Waals surface area (Å²) in [6.07, 6.45) is 6.88. The maximum absolute atomic E-state index is 11.0. The van der Waals surface area contributed by atoms with Crippen molar-refractivity contribution in [3.63, 3.8) is 0 Å². The minimum Gasteiger partial charge on any atom is -0.494 e. The molecule has 0 fully saturated rings. The lowest BCUT2D eigenvalue weighted by Crippen LogP contribution is -2.17. The molecule has 38 heavy (non-hydrogen) atoms. The summed E-state index contributed by atoms with van der Waals surface area (Å²) in [4.78, 5) is 22.0.